The standard InChI is InChI=1S/C12H19N3O/c1-2-3-10-8-12(15-9-14-10)16-11-4-6-13-7-5-11/h8-9,11,13H,2-7H2,1H3. The number of aromatic nitrogens is 2. The van der Waals surface area contributed by atoms with Gasteiger partial charge in [-0.2, -0.15) is 0 Å². The minimum absolute atomic E-state index is 0.311. The van der Waals surface area contributed by atoms with Crippen molar-refractivity contribution in [2.24, 2.45) is 0 Å². The Morgan fingerprint density at radius 1 is 1.38 bits per heavy atom. The molecule has 16 heavy (non-hydrogen) atoms. The fourth-order valence-corrected chi connectivity index (χ4v) is 1.92. The molecule has 88 valence electrons. The average molecular weight is 221 g/mol. The van der Waals surface area contributed by atoms with E-state index in [1.165, 1.54) is 0 Å². The summed E-state index contributed by atoms with van der Waals surface area (Å²) in [6.45, 7) is 4.23. The van der Waals surface area contributed by atoms with Crippen LogP contribution in [0.3, 0.4) is 0 Å². The van der Waals surface area contributed by atoms with Gasteiger partial charge in [-0.25, -0.2) is 9.97 Å². The van der Waals surface area contributed by atoms with Crippen LogP contribution in [0.15, 0.2) is 12.4 Å². The Kier molecular flexibility index (Phi) is 4.10. The summed E-state index contributed by atoms with van der Waals surface area (Å²) in [4.78, 5) is 8.38. The number of nitrogens with zero attached hydrogens (tertiary/aromatic N) is 2. The lowest BCUT2D eigenvalue weighted by Gasteiger charge is -2.23. The van der Waals surface area contributed by atoms with Crippen LogP contribution in [0.1, 0.15) is 31.9 Å². The van der Waals surface area contributed by atoms with Crippen molar-refractivity contribution in [3.63, 3.8) is 0 Å². The van der Waals surface area contributed by atoms with Crippen LogP contribution < -0.4 is 10.1 Å². The number of hydrogen-bond acceptors (Lipinski definition) is 4. The first-order valence-corrected chi connectivity index (χ1v) is 6.07. The molecule has 2 rings (SSSR count). The molecule has 0 bridgehead atoms. The lowest BCUT2D eigenvalue weighted by Crippen LogP contribution is -2.34. The van der Waals surface area contributed by atoms with Crippen molar-refractivity contribution in [1.82, 2.24) is 15.3 Å². The summed E-state index contributed by atoms with van der Waals surface area (Å²) in [5.41, 5.74) is 1.07. The third-order valence-electron chi connectivity index (χ3n) is 2.78. The normalized spacial score (nSPS) is 17.3. The summed E-state index contributed by atoms with van der Waals surface area (Å²) in [6, 6.07) is 1.96. The first-order chi connectivity index (χ1) is 7.88. The molecule has 1 fully saturated rings. The topological polar surface area (TPSA) is 47.0 Å². The highest BCUT2D eigenvalue weighted by Gasteiger charge is 2.15. The molecular formula is C12H19N3O. The van der Waals surface area contributed by atoms with E-state index in [0.29, 0.717) is 6.10 Å². The quantitative estimate of drug-likeness (QED) is 0.838. The van der Waals surface area contributed by atoms with E-state index in [0.717, 1.165) is 50.3 Å². The van der Waals surface area contributed by atoms with Crippen molar-refractivity contribution in [1.29, 1.82) is 0 Å². The largest absolute Gasteiger partial charge is 0.474 e. The lowest BCUT2D eigenvalue weighted by atomic mass is 10.1. The van der Waals surface area contributed by atoms with Crippen LogP contribution in [-0.4, -0.2) is 29.2 Å². The number of ether oxygens (including phenoxy) is 1. The third kappa shape index (κ3) is 3.17. The zero-order chi connectivity index (χ0) is 11.2. The molecule has 0 aromatic carbocycles. The van der Waals surface area contributed by atoms with Crippen LogP contribution >= 0.6 is 0 Å². The van der Waals surface area contributed by atoms with Crippen molar-refractivity contribution in [3.8, 4) is 5.88 Å². The minimum atomic E-state index is 0.311. The summed E-state index contributed by atoms with van der Waals surface area (Å²) in [6.07, 6.45) is 6.13. The molecule has 2 heterocycles. The second kappa shape index (κ2) is 5.80. The number of piperidine rings is 1. The van der Waals surface area contributed by atoms with Crippen LogP contribution in [0.4, 0.5) is 0 Å². The van der Waals surface area contributed by atoms with E-state index in [1.807, 2.05) is 6.07 Å². The Morgan fingerprint density at radius 3 is 2.94 bits per heavy atom. The highest BCUT2D eigenvalue weighted by molar-refractivity contribution is 5.14. The Balaban J connectivity index is 1.94. The number of nitrogens with one attached hydrogen (secondary N) is 1. The van der Waals surface area contributed by atoms with E-state index in [4.69, 9.17) is 4.74 Å². The molecule has 0 aliphatic carbocycles. The lowest BCUT2D eigenvalue weighted by molar-refractivity contribution is 0.155. The maximum atomic E-state index is 5.85. The predicted octanol–water partition coefficient (Wildman–Crippen LogP) is 1.56. The fraction of sp³-hybridized carbons (Fsp3) is 0.667. The third-order valence-corrected chi connectivity index (χ3v) is 2.78. The maximum Gasteiger partial charge on any atom is 0.216 e. The summed E-state index contributed by atoms with van der Waals surface area (Å²) in [7, 11) is 0. The van der Waals surface area contributed by atoms with Gasteiger partial charge < -0.3 is 10.1 Å². The van der Waals surface area contributed by atoms with E-state index in [-0.39, 0.29) is 0 Å². The van der Waals surface area contributed by atoms with Gasteiger partial charge >= 0.3 is 0 Å². The van der Waals surface area contributed by atoms with E-state index >= 15 is 0 Å². The highest BCUT2D eigenvalue weighted by Crippen LogP contribution is 2.14. The minimum Gasteiger partial charge on any atom is -0.474 e. The van der Waals surface area contributed by atoms with Crippen molar-refractivity contribution >= 4 is 0 Å². The average Bonchev–Trinajstić information content (AvgIpc) is 2.31. The SMILES string of the molecule is CCCc1cc(OC2CCNCC2)ncn1. The molecule has 4 nitrogen and oxygen atoms in total. The Labute approximate surface area is 96.4 Å². The van der Waals surface area contributed by atoms with Crippen LogP contribution in [0.5, 0.6) is 5.88 Å². The molecular weight excluding hydrogens is 202 g/mol. The van der Waals surface area contributed by atoms with Crippen molar-refractivity contribution in [2.75, 3.05) is 13.1 Å². The smallest absolute Gasteiger partial charge is 0.216 e. The summed E-state index contributed by atoms with van der Waals surface area (Å²) in [5, 5.41) is 3.32. The molecule has 0 amide bonds. The molecule has 1 N–H and O–H groups in total. The molecule has 1 aliphatic heterocycles. The molecule has 1 aromatic heterocycles. The molecule has 1 aliphatic rings. The van der Waals surface area contributed by atoms with Gasteiger partial charge in [0.05, 0.1) is 0 Å². The molecule has 0 atom stereocenters. The molecule has 0 radical (unpaired) electrons. The van der Waals surface area contributed by atoms with Crippen molar-refractivity contribution in [2.45, 2.75) is 38.7 Å². The van der Waals surface area contributed by atoms with Gasteiger partial charge in [0.25, 0.3) is 0 Å². The monoisotopic (exact) mass is 221 g/mol. The van der Waals surface area contributed by atoms with Crippen LogP contribution in [0.2, 0.25) is 0 Å². The molecule has 0 unspecified atom stereocenters. The van der Waals surface area contributed by atoms with Crippen LogP contribution in [0.25, 0.3) is 0 Å². The maximum absolute atomic E-state index is 5.85. The van der Waals surface area contributed by atoms with E-state index < -0.39 is 0 Å². The van der Waals surface area contributed by atoms with E-state index in [1.54, 1.807) is 6.33 Å². The van der Waals surface area contributed by atoms with Gasteiger partial charge in [0.2, 0.25) is 5.88 Å². The number of hydrogen-bond donors (Lipinski definition) is 1. The summed E-state index contributed by atoms with van der Waals surface area (Å²) < 4.78 is 5.85. The van der Waals surface area contributed by atoms with Crippen molar-refractivity contribution < 1.29 is 4.74 Å². The summed E-state index contributed by atoms with van der Waals surface area (Å²) in [5.74, 6) is 0.727. The molecule has 1 saturated heterocycles. The molecule has 0 saturated carbocycles. The first-order valence-electron chi connectivity index (χ1n) is 6.07. The molecule has 1 aromatic rings. The van der Waals surface area contributed by atoms with Gasteiger partial charge in [-0.1, -0.05) is 13.3 Å². The Morgan fingerprint density at radius 2 is 2.19 bits per heavy atom. The van der Waals surface area contributed by atoms with Crippen LogP contribution in [-0.2, 0) is 6.42 Å². The molecule has 0 spiro atoms. The molecule has 4 heteroatoms. The fourth-order valence-electron chi connectivity index (χ4n) is 1.92. The second-order valence-electron chi connectivity index (χ2n) is 4.16. The van der Waals surface area contributed by atoms with Gasteiger partial charge in [0.1, 0.15) is 12.4 Å². The second-order valence-corrected chi connectivity index (χ2v) is 4.16. The van der Waals surface area contributed by atoms with E-state index in [2.05, 4.69) is 22.2 Å². The zero-order valence-corrected chi connectivity index (χ0v) is 9.78. The Bertz CT molecular complexity index is 324. The zero-order valence-electron chi connectivity index (χ0n) is 9.78. The number of aryl methyl sites for hydroxylation is 1. The van der Waals surface area contributed by atoms with E-state index in [9.17, 15) is 0 Å². The van der Waals surface area contributed by atoms with Gasteiger partial charge in [-0.3, -0.25) is 0 Å². The number of rotatable bonds is 4. The van der Waals surface area contributed by atoms with Gasteiger partial charge in [-0.05, 0) is 32.4 Å². The van der Waals surface area contributed by atoms with Gasteiger partial charge in [0.15, 0.2) is 0 Å². The summed E-state index contributed by atoms with van der Waals surface area (Å²) >= 11 is 0. The predicted molar refractivity (Wildman–Crippen MR) is 62.5 cm³/mol. The first kappa shape index (κ1) is 11.3. The van der Waals surface area contributed by atoms with Crippen LogP contribution in [0, 0.1) is 0 Å². The Hall–Kier alpha value is -1.16. The van der Waals surface area contributed by atoms with Gasteiger partial charge in [-0.15, -0.1) is 0 Å². The van der Waals surface area contributed by atoms with Gasteiger partial charge in [0, 0.05) is 11.8 Å². The highest BCUT2D eigenvalue weighted by atomic mass is 16.5. The van der Waals surface area contributed by atoms with Crippen molar-refractivity contribution in [3.05, 3.63) is 18.1 Å².